The van der Waals surface area contributed by atoms with Gasteiger partial charge in [0.2, 0.25) is 0 Å². The Morgan fingerprint density at radius 3 is 2.82 bits per heavy atom. The Morgan fingerprint density at radius 2 is 2.18 bits per heavy atom. The average molecular weight is 154 g/mol. The fourth-order valence-corrected chi connectivity index (χ4v) is 2.30. The molecule has 2 N–H and O–H groups in total. The Hall–Kier alpha value is -0.340. The number of hydrogen-bond acceptors (Lipinski definition) is 2. The molecule has 0 aromatic rings. The van der Waals surface area contributed by atoms with E-state index in [0.717, 1.165) is 12.8 Å². The lowest BCUT2D eigenvalue weighted by molar-refractivity contribution is -0.0266. The molecule has 2 bridgehead atoms. The second-order valence-electron chi connectivity index (χ2n) is 3.92. The Bertz CT molecular complexity index is 196. The van der Waals surface area contributed by atoms with Crippen LogP contribution in [0.4, 0.5) is 0 Å². The van der Waals surface area contributed by atoms with E-state index in [9.17, 15) is 10.2 Å². The Balaban J connectivity index is 2.33. The van der Waals surface area contributed by atoms with E-state index in [1.54, 1.807) is 6.92 Å². The van der Waals surface area contributed by atoms with Crippen molar-refractivity contribution < 1.29 is 10.2 Å². The minimum atomic E-state index is -0.771. The summed E-state index contributed by atoms with van der Waals surface area (Å²) in [5, 5.41) is 19.4. The maximum Gasteiger partial charge on any atom is 0.0852 e. The first-order valence-corrected chi connectivity index (χ1v) is 4.21. The quantitative estimate of drug-likeness (QED) is 0.504. The summed E-state index contributed by atoms with van der Waals surface area (Å²) in [5.74, 6) is 0.373. The number of rotatable bonds is 0. The van der Waals surface area contributed by atoms with Crippen LogP contribution in [-0.4, -0.2) is 21.9 Å². The number of fused-ring (bicyclic) bond motifs is 2. The van der Waals surface area contributed by atoms with Gasteiger partial charge in [0.05, 0.1) is 11.7 Å². The van der Waals surface area contributed by atoms with Gasteiger partial charge in [-0.15, -0.1) is 0 Å². The summed E-state index contributed by atoms with van der Waals surface area (Å²) in [6, 6.07) is 0. The molecule has 2 nitrogen and oxygen atoms in total. The number of aliphatic hydroxyl groups excluding tert-OH is 1. The zero-order chi connectivity index (χ0) is 8.06. The first kappa shape index (κ1) is 7.32. The first-order chi connectivity index (χ1) is 5.11. The van der Waals surface area contributed by atoms with Crippen molar-refractivity contribution in [2.45, 2.75) is 31.5 Å². The summed E-state index contributed by atoms with van der Waals surface area (Å²) in [5.41, 5.74) is -0.771. The highest BCUT2D eigenvalue weighted by molar-refractivity contribution is 5.16. The van der Waals surface area contributed by atoms with E-state index in [4.69, 9.17) is 0 Å². The van der Waals surface area contributed by atoms with Gasteiger partial charge in [-0.1, -0.05) is 12.2 Å². The van der Waals surface area contributed by atoms with Crippen LogP contribution in [0.1, 0.15) is 19.8 Å². The van der Waals surface area contributed by atoms with Crippen LogP contribution in [0, 0.1) is 11.8 Å². The van der Waals surface area contributed by atoms with Gasteiger partial charge in [-0.3, -0.25) is 0 Å². The molecule has 0 spiro atoms. The standard InChI is InChI=1S/C9H14O2/c1-9(11)5-4-6-2-3-7(9)8(6)10/h4-8,10-11H,2-3H2,1H3/t6-,7-,8-,9-/m1/s1. The molecular weight excluding hydrogens is 140 g/mol. The fourth-order valence-electron chi connectivity index (χ4n) is 2.30. The van der Waals surface area contributed by atoms with Gasteiger partial charge in [-0.05, 0) is 19.8 Å². The summed E-state index contributed by atoms with van der Waals surface area (Å²) in [7, 11) is 0. The monoisotopic (exact) mass is 154 g/mol. The molecule has 0 radical (unpaired) electrons. The van der Waals surface area contributed by atoms with E-state index in [2.05, 4.69) is 0 Å². The SMILES string of the molecule is C[C@@]1(O)C=C[C@H]2CC[C@@H]1[C@@H]2O. The molecule has 11 heavy (non-hydrogen) atoms. The zero-order valence-electron chi connectivity index (χ0n) is 6.70. The smallest absolute Gasteiger partial charge is 0.0852 e. The largest absolute Gasteiger partial charge is 0.392 e. The van der Waals surface area contributed by atoms with E-state index in [1.807, 2.05) is 12.2 Å². The Labute approximate surface area is 66.5 Å². The lowest BCUT2D eigenvalue weighted by Gasteiger charge is -2.33. The van der Waals surface area contributed by atoms with Crippen LogP contribution >= 0.6 is 0 Å². The number of hydrogen-bond donors (Lipinski definition) is 2. The first-order valence-electron chi connectivity index (χ1n) is 4.21. The molecule has 2 aliphatic carbocycles. The van der Waals surface area contributed by atoms with Gasteiger partial charge in [0, 0.05) is 11.8 Å². The second kappa shape index (κ2) is 2.08. The van der Waals surface area contributed by atoms with Crippen molar-refractivity contribution in [3.63, 3.8) is 0 Å². The predicted octanol–water partition coefficient (Wildman–Crippen LogP) is 0.694. The van der Waals surface area contributed by atoms with Gasteiger partial charge < -0.3 is 10.2 Å². The van der Waals surface area contributed by atoms with E-state index >= 15 is 0 Å². The molecule has 1 saturated carbocycles. The normalized spacial score (nSPS) is 55.0. The minimum Gasteiger partial charge on any atom is -0.392 e. The fraction of sp³-hybridized carbons (Fsp3) is 0.778. The molecular formula is C9H14O2. The summed E-state index contributed by atoms with van der Waals surface area (Å²) in [4.78, 5) is 0. The summed E-state index contributed by atoms with van der Waals surface area (Å²) < 4.78 is 0. The van der Waals surface area contributed by atoms with Crippen LogP contribution in [0.15, 0.2) is 12.2 Å². The molecule has 0 heterocycles. The molecule has 2 heteroatoms. The van der Waals surface area contributed by atoms with Crippen molar-refractivity contribution in [2.75, 3.05) is 0 Å². The highest BCUT2D eigenvalue weighted by Crippen LogP contribution is 2.43. The average Bonchev–Trinajstić information content (AvgIpc) is 2.18. The molecule has 0 aromatic carbocycles. The van der Waals surface area contributed by atoms with Crippen LogP contribution in [-0.2, 0) is 0 Å². The predicted molar refractivity (Wildman–Crippen MR) is 42.0 cm³/mol. The van der Waals surface area contributed by atoms with Gasteiger partial charge in [0.1, 0.15) is 0 Å². The van der Waals surface area contributed by atoms with Crippen molar-refractivity contribution in [2.24, 2.45) is 11.8 Å². The molecule has 2 aliphatic rings. The van der Waals surface area contributed by atoms with Crippen LogP contribution in [0.2, 0.25) is 0 Å². The van der Waals surface area contributed by atoms with Crippen LogP contribution < -0.4 is 0 Å². The van der Waals surface area contributed by atoms with Crippen molar-refractivity contribution >= 4 is 0 Å². The molecule has 0 aromatic heterocycles. The third-order valence-corrected chi connectivity index (χ3v) is 3.09. The van der Waals surface area contributed by atoms with Crippen molar-refractivity contribution in [1.29, 1.82) is 0 Å². The highest BCUT2D eigenvalue weighted by atomic mass is 16.3. The Morgan fingerprint density at radius 1 is 1.45 bits per heavy atom. The van der Waals surface area contributed by atoms with Crippen LogP contribution in [0.3, 0.4) is 0 Å². The maximum atomic E-state index is 9.78. The molecule has 0 saturated heterocycles. The van der Waals surface area contributed by atoms with E-state index in [1.165, 1.54) is 0 Å². The Kier molecular flexibility index (Phi) is 1.38. The van der Waals surface area contributed by atoms with Crippen molar-refractivity contribution in [1.82, 2.24) is 0 Å². The molecule has 0 aliphatic heterocycles. The van der Waals surface area contributed by atoms with Crippen molar-refractivity contribution in [3.8, 4) is 0 Å². The summed E-state index contributed by atoms with van der Waals surface area (Å²) in [6.07, 6.45) is 5.45. The molecule has 0 unspecified atom stereocenters. The van der Waals surface area contributed by atoms with Crippen LogP contribution in [0.5, 0.6) is 0 Å². The molecule has 4 atom stereocenters. The summed E-state index contributed by atoms with van der Waals surface area (Å²) in [6.45, 7) is 1.78. The van der Waals surface area contributed by atoms with E-state index < -0.39 is 5.60 Å². The molecule has 62 valence electrons. The third-order valence-electron chi connectivity index (χ3n) is 3.09. The van der Waals surface area contributed by atoms with Gasteiger partial charge in [-0.2, -0.15) is 0 Å². The third kappa shape index (κ3) is 0.932. The molecule has 0 amide bonds. The maximum absolute atomic E-state index is 9.78. The van der Waals surface area contributed by atoms with E-state index in [0.29, 0.717) is 5.92 Å². The summed E-state index contributed by atoms with van der Waals surface area (Å²) >= 11 is 0. The highest BCUT2D eigenvalue weighted by Gasteiger charge is 2.45. The minimum absolute atomic E-state index is 0.0671. The lowest BCUT2D eigenvalue weighted by Crippen LogP contribution is -2.41. The van der Waals surface area contributed by atoms with Gasteiger partial charge in [-0.25, -0.2) is 0 Å². The van der Waals surface area contributed by atoms with Crippen molar-refractivity contribution in [3.05, 3.63) is 12.2 Å². The topological polar surface area (TPSA) is 40.5 Å². The van der Waals surface area contributed by atoms with Gasteiger partial charge in [0.25, 0.3) is 0 Å². The molecule has 1 fully saturated rings. The second-order valence-corrected chi connectivity index (χ2v) is 3.92. The van der Waals surface area contributed by atoms with Gasteiger partial charge in [0.15, 0.2) is 0 Å². The van der Waals surface area contributed by atoms with Gasteiger partial charge >= 0.3 is 0 Å². The lowest BCUT2D eigenvalue weighted by atomic mass is 9.80. The van der Waals surface area contributed by atoms with E-state index in [-0.39, 0.29) is 12.0 Å². The zero-order valence-corrected chi connectivity index (χ0v) is 6.70. The molecule has 2 rings (SSSR count). The van der Waals surface area contributed by atoms with Crippen LogP contribution in [0.25, 0.3) is 0 Å². The number of aliphatic hydroxyl groups is 2.